The molecule has 0 radical (unpaired) electrons. The fourth-order valence-electron chi connectivity index (χ4n) is 2.93. The summed E-state index contributed by atoms with van der Waals surface area (Å²) in [4.78, 5) is 33.7. The zero-order chi connectivity index (χ0) is 21.1. The molecule has 0 aromatic heterocycles. The maximum Gasteiger partial charge on any atom is 0.344 e. The zero-order valence-corrected chi connectivity index (χ0v) is 16.8. The SMILES string of the molecule is CC(O)=C(C(=O)OC(C)C)C1=NC(=NC(=O)c2ccc(C)cc2)c2ccccc21. The molecule has 1 aliphatic rings. The number of amidine groups is 1. The van der Waals surface area contributed by atoms with Crippen LogP contribution in [0.2, 0.25) is 0 Å². The molecular formula is C23H22N2O4. The summed E-state index contributed by atoms with van der Waals surface area (Å²) in [6.07, 6.45) is -0.356. The molecule has 1 heterocycles. The van der Waals surface area contributed by atoms with Crippen LogP contribution < -0.4 is 0 Å². The second-order valence-electron chi connectivity index (χ2n) is 7.03. The van der Waals surface area contributed by atoms with Crippen LogP contribution in [0, 0.1) is 6.92 Å². The van der Waals surface area contributed by atoms with Crippen molar-refractivity contribution in [1.29, 1.82) is 0 Å². The van der Waals surface area contributed by atoms with E-state index in [1.807, 2.05) is 19.1 Å². The van der Waals surface area contributed by atoms with Crippen molar-refractivity contribution in [3.63, 3.8) is 0 Å². The molecule has 6 nitrogen and oxygen atoms in total. The van der Waals surface area contributed by atoms with Gasteiger partial charge in [0.1, 0.15) is 11.3 Å². The van der Waals surface area contributed by atoms with Gasteiger partial charge in [0.15, 0.2) is 5.84 Å². The van der Waals surface area contributed by atoms with Gasteiger partial charge in [0, 0.05) is 16.7 Å². The van der Waals surface area contributed by atoms with Gasteiger partial charge in [0.2, 0.25) is 0 Å². The molecule has 2 aromatic carbocycles. The lowest BCUT2D eigenvalue weighted by molar-refractivity contribution is -0.142. The molecule has 0 unspecified atom stereocenters. The van der Waals surface area contributed by atoms with Gasteiger partial charge in [-0.1, -0.05) is 42.0 Å². The van der Waals surface area contributed by atoms with E-state index in [-0.39, 0.29) is 29.0 Å². The maximum atomic E-state index is 12.6. The Bertz CT molecular complexity index is 1060. The minimum absolute atomic E-state index is 0.0425. The third-order valence-corrected chi connectivity index (χ3v) is 4.29. The van der Waals surface area contributed by atoms with E-state index in [0.29, 0.717) is 16.7 Å². The van der Waals surface area contributed by atoms with E-state index < -0.39 is 11.9 Å². The van der Waals surface area contributed by atoms with Crippen molar-refractivity contribution < 1.29 is 19.4 Å². The van der Waals surface area contributed by atoms with Gasteiger partial charge in [-0.25, -0.2) is 9.79 Å². The van der Waals surface area contributed by atoms with Gasteiger partial charge < -0.3 is 9.84 Å². The molecule has 0 saturated carbocycles. The largest absolute Gasteiger partial charge is 0.512 e. The number of fused-ring (bicyclic) bond motifs is 1. The second kappa shape index (κ2) is 8.22. The molecule has 0 saturated heterocycles. The number of nitrogens with zero attached hydrogens (tertiary/aromatic N) is 2. The average molecular weight is 390 g/mol. The number of aliphatic hydroxyl groups excluding tert-OH is 1. The third-order valence-electron chi connectivity index (χ3n) is 4.29. The summed E-state index contributed by atoms with van der Waals surface area (Å²) in [5, 5.41) is 10.1. The molecule has 29 heavy (non-hydrogen) atoms. The molecule has 0 spiro atoms. The van der Waals surface area contributed by atoms with Crippen LogP contribution in [-0.2, 0) is 9.53 Å². The molecule has 1 amide bonds. The van der Waals surface area contributed by atoms with Crippen LogP contribution in [-0.4, -0.2) is 34.6 Å². The van der Waals surface area contributed by atoms with Crippen molar-refractivity contribution in [2.75, 3.05) is 0 Å². The molecule has 0 fully saturated rings. The molecule has 2 aromatic rings. The summed E-state index contributed by atoms with van der Waals surface area (Å²) in [5.41, 5.74) is 2.89. The summed E-state index contributed by atoms with van der Waals surface area (Å²) in [6, 6.07) is 14.2. The molecule has 0 bridgehead atoms. The smallest absolute Gasteiger partial charge is 0.344 e. The monoisotopic (exact) mass is 390 g/mol. The molecule has 3 rings (SSSR count). The van der Waals surface area contributed by atoms with Crippen molar-refractivity contribution in [2.45, 2.75) is 33.8 Å². The predicted octanol–water partition coefficient (Wildman–Crippen LogP) is 4.17. The number of aliphatic imine (C=N–C) groups is 2. The molecule has 6 heteroatoms. The first-order valence-electron chi connectivity index (χ1n) is 9.27. The van der Waals surface area contributed by atoms with Crippen LogP contribution in [0.25, 0.3) is 0 Å². The van der Waals surface area contributed by atoms with E-state index in [9.17, 15) is 14.7 Å². The standard InChI is InChI=1S/C23H22N2O4/c1-13(2)29-23(28)19(15(4)26)20-17-7-5-6-8-18(17)21(24-20)25-22(27)16-11-9-14(3)10-12-16/h5-13,26H,1-4H3. The van der Waals surface area contributed by atoms with E-state index in [1.54, 1.807) is 50.2 Å². The molecule has 1 aliphatic heterocycles. The first-order valence-corrected chi connectivity index (χ1v) is 9.27. The topological polar surface area (TPSA) is 88.3 Å². The predicted molar refractivity (Wildman–Crippen MR) is 112 cm³/mol. The molecule has 0 aliphatic carbocycles. The minimum Gasteiger partial charge on any atom is -0.512 e. The quantitative estimate of drug-likeness (QED) is 0.482. The number of carbonyl (C=O) groups excluding carboxylic acids is 2. The number of rotatable bonds is 4. The van der Waals surface area contributed by atoms with Crippen molar-refractivity contribution >= 4 is 23.4 Å². The Morgan fingerprint density at radius 2 is 1.66 bits per heavy atom. The Balaban J connectivity index is 2.07. The van der Waals surface area contributed by atoms with E-state index in [0.717, 1.165) is 5.56 Å². The van der Waals surface area contributed by atoms with E-state index in [2.05, 4.69) is 9.98 Å². The lowest BCUT2D eigenvalue weighted by Crippen LogP contribution is -2.21. The Kier molecular flexibility index (Phi) is 5.73. The Labute approximate surface area is 169 Å². The first-order chi connectivity index (χ1) is 13.8. The van der Waals surface area contributed by atoms with Crippen LogP contribution in [0.4, 0.5) is 0 Å². The second-order valence-corrected chi connectivity index (χ2v) is 7.03. The van der Waals surface area contributed by atoms with Crippen molar-refractivity contribution in [2.24, 2.45) is 9.98 Å². The van der Waals surface area contributed by atoms with Gasteiger partial charge in [-0.2, -0.15) is 4.99 Å². The number of carbonyl (C=O) groups is 2. The fourth-order valence-corrected chi connectivity index (χ4v) is 2.93. The summed E-state index contributed by atoms with van der Waals surface area (Å²) in [7, 11) is 0. The van der Waals surface area contributed by atoms with Gasteiger partial charge in [-0.05, 0) is 39.8 Å². The van der Waals surface area contributed by atoms with Crippen molar-refractivity contribution in [1.82, 2.24) is 0 Å². The van der Waals surface area contributed by atoms with Gasteiger partial charge in [0.25, 0.3) is 5.91 Å². The summed E-state index contributed by atoms with van der Waals surface area (Å²) >= 11 is 0. The van der Waals surface area contributed by atoms with Gasteiger partial charge in [-0.15, -0.1) is 0 Å². The summed E-state index contributed by atoms with van der Waals surface area (Å²) < 4.78 is 5.25. The lowest BCUT2D eigenvalue weighted by Gasteiger charge is -2.12. The van der Waals surface area contributed by atoms with Crippen LogP contribution in [0.5, 0.6) is 0 Å². The highest BCUT2D eigenvalue weighted by Crippen LogP contribution is 2.26. The highest BCUT2D eigenvalue weighted by molar-refractivity contribution is 6.36. The van der Waals surface area contributed by atoms with Crippen molar-refractivity contribution in [3.05, 3.63) is 82.1 Å². The Morgan fingerprint density at radius 1 is 1.03 bits per heavy atom. The van der Waals surface area contributed by atoms with Crippen LogP contribution in [0.3, 0.4) is 0 Å². The first kappa shape index (κ1) is 20.2. The number of aliphatic hydroxyl groups is 1. The number of ether oxygens (including phenoxy) is 1. The van der Waals surface area contributed by atoms with Gasteiger partial charge in [-0.3, -0.25) is 4.79 Å². The number of aryl methyl sites for hydroxylation is 1. The zero-order valence-electron chi connectivity index (χ0n) is 16.8. The number of esters is 1. The number of benzene rings is 2. The number of allylic oxidation sites excluding steroid dienone is 1. The molecule has 148 valence electrons. The average Bonchev–Trinajstić information content (AvgIpc) is 3.00. The number of amides is 1. The molecule has 1 N–H and O–H groups in total. The minimum atomic E-state index is -0.681. The highest BCUT2D eigenvalue weighted by atomic mass is 16.5. The van der Waals surface area contributed by atoms with Crippen molar-refractivity contribution in [3.8, 4) is 0 Å². The maximum absolute atomic E-state index is 12.6. The van der Waals surface area contributed by atoms with Gasteiger partial charge >= 0.3 is 5.97 Å². The molecular weight excluding hydrogens is 368 g/mol. The Morgan fingerprint density at radius 3 is 2.24 bits per heavy atom. The molecule has 0 atom stereocenters. The fraction of sp³-hybridized carbons (Fsp3) is 0.217. The van der Waals surface area contributed by atoms with E-state index >= 15 is 0 Å². The summed E-state index contributed by atoms with van der Waals surface area (Å²) in [5.74, 6) is -1.14. The Hall–Kier alpha value is -3.54. The van der Waals surface area contributed by atoms with Crippen LogP contribution in [0.1, 0.15) is 47.8 Å². The van der Waals surface area contributed by atoms with E-state index in [1.165, 1.54) is 6.92 Å². The highest BCUT2D eigenvalue weighted by Gasteiger charge is 2.31. The summed E-state index contributed by atoms with van der Waals surface area (Å²) in [6.45, 7) is 6.78. The van der Waals surface area contributed by atoms with Gasteiger partial charge in [0.05, 0.1) is 11.8 Å². The van der Waals surface area contributed by atoms with Crippen LogP contribution >= 0.6 is 0 Å². The lowest BCUT2D eigenvalue weighted by atomic mass is 9.99. The van der Waals surface area contributed by atoms with Crippen LogP contribution in [0.15, 0.2) is 69.8 Å². The normalized spacial score (nSPS) is 15.1. The number of hydrogen-bond acceptors (Lipinski definition) is 4. The third kappa shape index (κ3) is 4.32. The van der Waals surface area contributed by atoms with E-state index in [4.69, 9.17) is 4.74 Å². The number of hydrogen-bond donors (Lipinski definition) is 1.